The third kappa shape index (κ3) is 4.11. The summed E-state index contributed by atoms with van der Waals surface area (Å²) >= 11 is 0. The zero-order valence-corrected chi connectivity index (χ0v) is 12.3. The molecule has 0 aliphatic heterocycles. The first kappa shape index (κ1) is 15.8. The van der Waals surface area contributed by atoms with E-state index in [1.165, 1.54) is 0 Å². The lowest BCUT2D eigenvalue weighted by molar-refractivity contribution is 0.139. The van der Waals surface area contributed by atoms with E-state index in [0.29, 0.717) is 17.9 Å². The first-order chi connectivity index (χ1) is 9.17. The summed E-state index contributed by atoms with van der Waals surface area (Å²) in [6.45, 7) is 7.09. The summed E-state index contributed by atoms with van der Waals surface area (Å²) in [5.41, 5.74) is 0.736. The van der Waals surface area contributed by atoms with Crippen molar-refractivity contribution in [2.24, 2.45) is 0 Å². The van der Waals surface area contributed by atoms with Gasteiger partial charge in [0.25, 0.3) is 0 Å². The van der Waals surface area contributed by atoms with E-state index in [0.717, 1.165) is 25.2 Å². The van der Waals surface area contributed by atoms with E-state index in [2.05, 4.69) is 18.7 Å². The lowest BCUT2D eigenvalue weighted by Crippen LogP contribution is -2.25. The van der Waals surface area contributed by atoms with Crippen molar-refractivity contribution in [3.8, 4) is 11.5 Å². The number of benzene rings is 1. The third-order valence-corrected chi connectivity index (χ3v) is 3.41. The zero-order valence-electron chi connectivity index (χ0n) is 12.3. The monoisotopic (exact) mass is 267 g/mol. The molecule has 0 radical (unpaired) electrons. The van der Waals surface area contributed by atoms with Crippen molar-refractivity contribution >= 4 is 0 Å². The predicted molar refractivity (Wildman–Crippen MR) is 76.9 cm³/mol. The molecule has 1 atom stereocenters. The van der Waals surface area contributed by atoms with Gasteiger partial charge in [-0.2, -0.15) is 0 Å². The van der Waals surface area contributed by atoms with Gasteiger partial charge in [-0.05, 0) is 31.6 Å². The molecule has 19 heavy (non-hydrogen) atoms. The van der Waals surface area contributed by atoms with E-state index >= 15 is 0 Å². The Morgan fingerprint density at radius 2 is 1.63 bits per heavy atom. The number of rotatable bonds is 8. The van der Waals surface area contributed by atoms with Crippen LogP contribution in [0.25, 0.3) is 0 Å². The fraction of sp³-hybridized carbons (Fsp3) is 0.600. The molecule has 0 saturated carbocycles. The van der Waals surface area contributed by atoms with Crippen molar-refractivity contribution in [2.45, 2.75) is 26.4 Å². The van der Waals surface area contributed by atoms with Gasteiger partial charge in [-0.25, -0.2) is 0 Å². The summed E-state index contributed by atoms with van der Waals surface area (Å²) in [7, 11) is 3.21. The molecule has 0 aliphatic carbocycles. The lowest BCUT2D eigenvalue weighted by Gasteiger charge is -2.22. The van der Waals surface area contributed by atoms with Crippen molar-refractivity contribution in [2.75, 3.05) is 33.9 Å². The number of hydrogen-bond acceptors (Lipinski definition) is 4. The first-order valence-corrected chi connectivity index (χ1v) is 6.79. The van der Waals surface area contributed by atoms with Gasteiger partial charge < -0.3 is 19.5 Å². The molecule has 4 heteroatoms. The van der Waals surface area contributed by atoms with Gasteiger partial charge in [-0.1, -0.05) is 19.9 Å². The second kappa shape index (κ2) is 8.02. The molecule has 1 aromatic carbocycles. The van der Waals surface area contributed by atoms with Crippen LogP contribution in [0.3, 0.4) is 0 Å². The largest absolute Gasteiger partial charge is 0.496 e. The van der Waals surface area contributed by atoms with E-state index in [1.807, 2.05) is 18.2 Å². The molecule has 4 nitrogen and oxygen atoms in total. The highest BCUT2D eigenvalue weighted by Gasteiger charge is 2.19. The third-order valence-electron chi connectivity index (χ3n) is 3.41. The number of aliphatic hydroxyl groups is 1. The summed E-state index contributed by atoms with van der Waals surface area (Å²) in [4.78, 5) is 2.28. The zero-order chi connectivity index (χ0) is 14.3. The Balaban J connectivity index is 2.83. The second-order valence-corrected chi connectivity index (χ2v) is 4.41. The van der Waals surface area contributed by atoms with Crippen LogP contribution >= 0.6 is 0 Å². The van der Waals surface area contributed by atoms with Crippen molar-refractivity contribution in [3.63, 3.8) is 0 Å². The normalized spacial score (nSPS) is 12.5. The van der Waals surface area contributed by atoms with Crippen LogP contribution < -0.4 is 9.47 Å². The van der Waals surface area contributed by atoms with Gasteiger partial charge in [-0.3, -0.25) is 0 Å². The Hall–Kier alpha value is -1.26. The van der Waals surface area contributed by atoms with E-state index in [1.54, 1.807) is 14.2 Å². The van der Waals surface area contributed by atoms with Crippen molar-refractivity contribution in [1.29, 1.82) is 0 Å². The summed E-state index contributed by atoms with van der Waals surface area (Å²) < 4.78 is 10.6. The molecule has 1 aromatic rings. The Labute approximate surface area is 115 Å². The van der Waals surface area contributed by atoms with Crippen LogP contribution in [-0.4, -0.2) is 43.9 Å². The smallest absolute Gasteiger partial charge is 0.128 e. The highest BCUT2D eigenvalue weighted by Crippen LogP contribution is 2.35. The van der Waals surface area contributed by atoms with Gasteiger partial charge in [0.2, 0.25) is 0 Å². The molecular weight excluding hydrogens is 242 g/mol. The average molecular weight is 267 g/mol. The van der Waals surface area contributed by atoms with Gasteiger partial charge in [0.05, 0.1) is 25.9 Å². The van der Waals surface area contributed by atoms with E-state index in [4.69, 9.17) is 9.47 Å². The molecule has 0 heterocycles. The molecule has 108 valence electrons. The van der Waals surface area contributed by atoms with Crippen LogP contribution in [0.5, 0.6) is 11.5 Å². The molecule has 1 N–H and O–H groups in total. The van der Waals surface area contributed by atoms with Crippen molar-refractivity contribution in [1.82, 2.24) is 4.90 Å². The fourth-order valence-corrected chi connectivity index (χ4v) is 2.20. The highest BCUT2D eigenvalue weighted by atomic mass is 16.5. The van der Waals surface area contributed by atoms with Crippen LogP contribution in [0.4, 0.5) is 0 Å². The number of methoxy groups -OCH3 is 2. The quantitative estimate of drug-likeness (QED) is 0.785. The number of hydrogen-bond donors (Lipinski definition) is 1. The second-order valence-electron chi connectivity index (χ2n) is 4.41. The molecule has 0 bridgehead atoms. The molecular formula is C15H25NO3. The Kier molecular flexibility index (Phi) is 6.67. The number of aliphatic hydroxyl groups excluding tert-OH is 1. The maximum absolute atomic E-state index is 10.4. The Morgan fingerprint density at radius 1 is 1.11 bits per heavy atom. The lowest BCUT2D eigenvalue weighted by atomic mass is 10.0. The van der Waals surface area contributed by atoms with E-state index in [-0.39, 0.29) is 0 Å². The fourth-order valence-electron chi connectivity index (χ4n) is 2.20. The van der Waals surface area contributed by atoms with Crippen LogP contribution in [0.15, 0.2) is 18.2 Å². The van der Waals surface area contributed by atoms with Crippen molar-refractivity contribution in [3.05, 3.63) is 23.8 Å². The topological polar surface area (TPSA) is 41.9 Å². The molecule has 0 aliphatic rings. The summed E-state index contributed by atoms with van der Waals surface area (Å²) in [5, 5.41) is 10.4. The molecule has 0 fully saturated rings. The van der Waals surface area contributed by atoms with Crippen LogP contribution in [0.2, 0.25) is 0 Å². The molecule has 0 amide bonds. The minimum atomic E-state index is -0.577. The standard InChI is InChI=1S/C15H25NO3/c1-5-16(6-2)11-10-12(17)15-13(18-3)8-7-9-14(15)19-4/h7-9,12,17H,5-6,10-11H2,1-4H3. The molecule has 0 spiro atoms. The maximum atomic E-state index is 10.4. The summed E-state index contributed by atoms with van der Waals surface area (Å²) in [6, 6.07) is 5.55. The molecule has 1 unspecified atom stereocenters. The van der Waals surface area contributed by atoms with Crippen molar-refractivity contribution < 1.29 is 14.6 Å². The van der Waals surface area contributed by atoms with Crippen LogP contribution in [0, 0.1) is 0 Å². The average Bonchev–Trinajstić information content (AvgIpc) is 2.46. The maximum Gasteiger partial charge on any atom is 0.128 e. The Morgan fingerprint density at radius 3 is 2.05 bits per heavy atom. The van der Waals surface area contributed by atoms with Crippen LogP contribution in [0.1, 0.15) is 31.9 Å². The summed E-state index contributed by atoms with van der Waals surface area (Å²) in [6.07, 6.45) is 0.0880. The minimum absolute atomic E-state index is 0.577. The SMILES string of the molecule is CCN(CC)CCC(O)c1c(OC)cccc1OC. The van der Waals surface area contributed by atoms with Gasteiger partial charge in [0.1, 0.15) is 11.5 Å². The Bertz CT molecular complexity index is 355. The molecule has 1 rings (SSSR count). The van der Waals surface area contributed by atoms with E-state index in [9.17, 15) is 5.11 Å². The molecule has 0 aromatic heterocycles. The predicted octanol–water partition coefficient (Wildman–Crippen LogP) is 2.47. The molecule has 0 saturated heterocycles. The minimum Gasteiger partial charge on any atom is -0.496 e. The van der Waals surface area contributed by atoms with Gasteiger partial charge >= 0.3 is 0 Å². The van der Waals surface area contributed by atoms with Gasteiger partial charge in [-0.15, -0.1) is 0 Å². The van der Waals surface area contributed by atoms with Crippen LogP contribution in [-0.2, 0) is 0 Å². The van der Waals surface area contributed by atoms with E-state index < -0.39 is 6.10 Å². The number of ether oxygens (including phenoxy) is 2. The van der Waals surface area contributed by atoms with Gasteiger partial charge in [0.15, 0.2) is 0 Å². The first-order valence-electron chi connectivity index (χ1n) is 6.79. The number of nitrogens with zero attached hydrogens (tertiary/aromatic N) is 1. The summed E-state index contributed by atoms with van der Waals surface area (Å²) in [5.74, 6) is 1.35. The highest BCUT2D eigenvalue weighted by molar-refractivity contribution is 5.46. The van der Waals surface area contributed by atoms with Gasteiger partial charge in [0, 0.05) is 6.54 Å².